The van der Waals surface area contributed by atoms with Crippen LogP contribution in [0.25, 0.3) is 0 Å². The number of nitrogens with two attached hydrogens (primary N) is 1. The van der Waals surface area contributed by atoms with Crippen LogP contribution in [0.4, 0.5) is 0 Å². The van der Waals surface area contributed by atoms with E-state index >= 15 is 0 Å². The van der Waals surface area contributed by atoms with E-state index in [-0.39, 0.29) is 0 Å². The maximum absolute atomic E-state index is 4.89. The van der Waals surface area contributed by atoms with E-state index in [1.807, 2.05) is 10.8 Å². The summed E-state index contributed by atoms with van der Waals surface area (Å²) in [6.07, 6.45) is 7.67. The maximum atomic E-state index is 4.89. The number of hydrogen-bond acceptors (Lipinski definition) is 1. The fourth-order valence-electron chi connectivity index (χ4n) is 0.161. The standard InChI is InChI=1S/C5H6N.V/c1-2-3-4-5-6;/h1-4H,6H2;/q-1;/b3-2-;. The molecule has 0 aromatic carbocycles. The third-order valence-electron chi connectivity index (χ3n) is 0.390. The summed E-state index contributed by atoms with van der Waals surface area (Å²) in [7, 11) is 0. The molecule has 0 spiro atoms. The number of allylic oxidation sites excluding steroid dienone is 3. The van der Waals surface area contributed by atoms with Crippen molar-refractivity contribution < 1.29 is 17.0 Å². The van der Waals surface area contributed by atoms with Gasteiger partial charge in [-0.2, -0.15) is 0 Å². The van der Waals surface area contributed by atoms with Crippen molar-refractivity contribution in [1.82, 2.24) is 0 Å². The van der Waals surface area contributed by atoms with Crippen molar-refractivity contribution in [2.24, 2.45) is 5.73 Å². The summed E-state index contributed by atoms with van der Waals surface area (Å²) in [6.45, 7) is 0. The van der Waals surface area contributed by atoms with Gasteiger partial charge in [-0.25, -0.2) is 0 Å². The normalized spacial score (nSPS) is 10.7. The van der Waals surface area contributed by atoms with Crippen LogP contribution in [0.15, 0.2) is 18.2 Å². The van der Waals surface area contributed by atoms with E-state index in [1.54, 1.807) is 12.2 Å². The van der Waals surface area contributed by atoms with Crippen molar-refractivity contribution in [3.63, 3.8) is 0 Å². The van der Waals surface area contributed by atoms with E-state index < -0.39 is 0 Å². The average molecular weight is 131 g/mol. The van der Waals surface area contributed by atoms with Crippen molar-refractivity contribution in [2.75, 3.05) is 0 Å². The molecular formula is C5H6NV-. The molecule has 0 unspecified atom stereocenters. The Hall–Kier alpha value is -0.266. The van der Waals surface area contributed by atoms with Gasteiger partial charge < -0.3 is 0 Å². The van der Waals surface area contributed by atoms with Gasteiger partial charge in [-0.05, 0) is 0 Å². The van der Waals surface area contributed by atoms with Crippen molar-refractivity contribution in [3.05, 3.63) is 24.4 Å². The fourth-order valence-corrected chi connectivity index (χ4v) is 0.316. The molecule has 0 saturated heterocycles. The summed E-state index contributed by atoms with van der Waals surface area (Å²) in [5.41, 5.74) is 4.89. The zero-order chi connectivity index (χ0) is 5.54. The summed E-state index contributed by atoms with van der Waals surface area (Å²) >= 11 is 2.32. The zero-order valence-corrected chi connectivity index (χ0v) is 5.23. The predicted molar refractivity (Wildman–Crippen MR) is 27.2 cm³/mol. The molecule has 0 bridgehead atoms. The molecule has 2 N–H and O–H groups in total. The van der Waals surface area contributed by atoms with Crippen LogP contribution < -0.4 is 5.73 Å². The minimum absolute atomic E-state index is 1.64. The van der Waals surface area contributed by atoms with Crippen LogP contribution in [-0.4, -0.2) is 4.73 Å². The molecule has 0 aliphatic rings. The molecular weight excluding hydrogens is 125 g/mol. The van der Waals surface area contributed by atoms with Gasteiger partial charge >= 0.3 is 51.9 Å². The van der Waals surface area contributed by atoms with Crippen molar-refractivity contribution >= 4 is 4.73 Å². The molecule has 0 aliphatic heterocycles. The number of hydrogen-bond donors (Lipinski definition) is 1. The monoisotopic (exact) mass is 131 g/mol. The Balaban J connectivity index is 3.27. The first-order valence-electron chi connectivity index (χ1n) is 1.84. The molecule has 0 aromatic heterocycles. The van der Waals surface area contributed by atoms with E-state index in [0.29, 0.717) is 0 Å². The van der Waals surface area contributed by atoms with Gasteiger partial charge in [-0.3, -0.25) is 0 Å². The molecule has 0 amide bonds. The van der Waals surface area contributed by atoms with Crippen LogP contribution in [0.2, 0.25) is 0 Å². The third kappa shape index (κ3) is 5.73. The van der Waals surface area contributed by atoms with Gasteiger partial charge in [-0.15, -0.1) is 0 Å². The third-order valence-corrected chi connectivity index (χ3v) is 0.658. The second-order valence-corrected chi connectivity index (χ2v) is 1.33. The molecule has 7 heavy (non-hydrogen) atoms. The van der Waals surface area contributed by atoms with Gasteiger partial charge in [0.1, 0.15) is 0 Å². The topological polar surface area (TPSA) is 26.0 Å². The first kappa shape index (κ1) is 6.73. The summed E-state index contributed by atoms with van der Waals surface area (Å²) in [5, 5.41) is 0. The molecule has 0 saturated carbocycles. The van der Waals surface area contributed by atoms with Crippen molar-refractivity contribution in [3.8, 4) is 0 Å². The Morgan fingerprint density at radius 1 is 1.43 bits per heavy atom. The van der Waals surface area contributed by atoms with E-state index in [2.05, 4.69) is 23.2 Å². The van der Waals surface area contributed by atoms with Crippen LogP contribution in [0, 0.1) is 6.20 Å². The van der Waals surface area contributed by atoms with Crippen LogP contribution in [-0.2, 0) is 17.0 Å². The molecule has 0 rings (SSSR count). The average Bonchev–Trinajstić information content (AvgIpc) is 1.69. The van der Waals surface area contributed by atoms with Crippen molar-refractivity contribution in [2.45, 2.75) is 0 Å². The minimum atomic E-state index is 1.64. The molecule has 1 nitrogen and oxygen atoms in total. The van der Waals surface area contributed by atoms with Gasteiger partial charge in [0.2, 0.25) is 0 Å². The molecule has 0 aliphatic carbocycles. The Morgan fingerprint density at radius 3 is 2.57 bits per heavy atom. The fraction of sp³-hybridized carbons (Fsp3) is 0. The molecule has 0 atom stereocenters. The van der Waals surface area contributed by atoms with Gasteiger partial charge in [0.25, 0.3) is 0 Å². The molecule has 0 heterocycles. The van der Waals surface area contributed by atoms with Crippen molar-refractivity contribution in [1.29, 1.82) is 0 Å². The Bertz CT molecular complexity index is 94.3. The summed E-state index contributed by atoms with van der Waals surface area (Å²) in [6, 6.07) is 0. The van der Waals surface area contributed by atoms with Gasteiger partial charge in [0.05, 0.1) is 0 Å². The van der Waals surface area contributed by atoms with Crippen LogP contribution in [0.1, 0.15) is 0 Å². The second-order valence-electron chi connectivity index (χ2n) is 0.867. The second kappa shape index (κ2) is 5.73. The molecule has 37 valence electrons. The molecule has 2 heteroatoms. The van der Waals surface area contributed by atoms with E-state index in [0.717, 1.165) is 0 Å². The van der Waals surface area contributed by atoms with Crippen LogP contribution >= 0.6 is 0 Å². The van der Waals surface area contributed by atoms with Gasteiger partial charge in [-0.1, -0.05) is 0 Å². The summed E-state index contributed by atoms with van der Waals surface area (Å²) in [4.78, 5) is 0. The van der Waals surface area contributed by atoms with Gasteiger partial charge in [0.15, 0.2) is 0 Å². The van der Waals surface area contributed by atoms with Crippen LogP contribution in [0.5, 0.6) is 0 Å². The predicted octanol–water partition coefficient (Wildman–Crippen LogP) is 0.167. The van der Waals surface area contributed by atoms with E-state index in [1.165, 1.54) is 0 Å². The van der Waals surface area contributed by atoms with Gasteiger partial charge in [0, 0.05) is 0 Å². The summed E-state index contributed by atoms with van der Waals surface area (Å²) < 4.78 is 1.86. The Labute approximate surface area is 52.4 Å². The Morgan fingerprint density at radius 2 is 2.14 bits per heavy atom. The Kier molecular flexibility index (Phi) is 5.52. The SMILES string of the molecule is N[C-]=C/C=C\[CH]=[V]. The van der Waals surface area contributed by atoms with E-state index in [9.17, 15) is 0 Å². The molecule has 0 aromatic rings. The van der Waals surface area contributed by atoms with E-state index in [4.69, 9.17) is 5.73 Å². The first-order valence-corrected chi connectivity index (χ1v) is 2.64. The van der Waals surface area contributed by atoms with Crippen LogP contribution in [0.3, 0.4) is 0 Å². The molecule has 0 fully saturated rings. The number of rotatable bonds is 2. The zero-order valence-electron chi connectivity index (χ0n) is 3.83. The summed E-state index contributed by atoms with van der Waals surface area (Å²) in [5.74, 6) is 0. The first-order chi connectivity index (χ1) is 3.41. The molecule has 0 radical (unpaired) electrons. The quantitative estimate of drug-likeness (QED) is 0.322.